The van der Waals surface area contributed by atoms with Gasteiger partial charge < -0.3 is 20.2 Å². The summed E-state index contributed by atoms with van der Waals surface area (Å²) in [5.74, 6) is -0.395. The van der Waals surface area contributed by atoms with E-state index in [2.05, 4.69) is 5.32 Å². The molecule has 2 rings (SSSR count). The van der Waals surface area contributed by atoms with Crippen molar-refractivity contribution in [3.05, 3.63) is 0 Å². The predicted molar refractivity (Wildman–Crippen MR) is 71.0 cm³/mol. The number of hydrogen-bond acceptors (Lipinski definition) is 3. The van der Waals surface area contributed by atoms with Crippen LogP contribution in [0.4, 0.5) is 4.79 Å². The molecule has 2 saturated heterocycles. The summed E-state index contributed by atoms with van der Waals surface area (Å²) in [6, 6.07) is 0.126. The smallest absolute Gasteiger partial charge is 0.320 e. The van der Waals surface area contributed by atoms with Gasteiger partial charge in [0.25, 0.3) is 0 Å². The summed E-state index contributed by atoms with van der Waals surface area (Å²) in [5, 5.41) is 12.0. The van der Waals surface area contributed by atoms with Gasteiger partial charge in [-0.25, -0.2) is 4.79 Å². The van der Waals surface area contributed by atoms with E-state index in [4.69, 9.17) is 5.11 Å². The molecular weight excluding hydrogens is 246 g/mol. The zero-order valence-electron chi connectivity index (χ0n) is 11.3. The molecule has 0 aliphatic carbocycles. The fraction of sp³-hybridized carbons (Fsp3) is 0.846. The third kappa shape index (κ3) is 4.09. The maximum Gasteiger partial charge on any atom is 0.320 e. The number of carbonyl (C=O) groups excluding carboxylic acids is 1. The lowest BCUT2D eigenvalue weighted by Crippen LogP contribution is -2.43. The van der Waals surface area contributed by atoms with Gasteiger partial charge in [0.15, 0.2) is 0 Å². The molecule has 2 N–H and O–H groups in total. The second-order valence-electron chi connectivity index (χ2n) is 5.41. The minimum atomic E-state index is -0.747. The molecule has 108 valence electrons. The quantitative estimate of drug-likeness (QED) is 0.786. The Morgan fingerprint density at radius 3 is 2.79 bits per heavy atom. The van der Waals surface area contributed by atoms with Crippen molar-refractivity contribution in [1.29, 1.82) is 0 Å². The van der Waals surface area contributed by atoms with Crippen LogP contribution >= 0.6 is 0 Å². The molecular formula is C13H23N3O3. The van der Waals surface area contributed by atoms with E-state index in [0.29, 0.717) is 12.3 Å². The molecule has 2 amide bonds. The fourth-order valence-electron chi connectivity index (χ4n) is 2.81. The van der Waals surface area contributed by atoms with E-state index in [1.54, 1.807) is 0 Å². The predicted octanol–water partition coefficient (Wildman–Crippen LogP) is 0.588. The molecule has 0 aromatic heterocycles. The lowest BCUT2D eigenvalue weighted by atomic mass is 10.0. The SMILES string of the molecule is O=C(O)CCC1CCN(C(=O)N2CCCNCC2)C1. The van der Waals surface area contributed by atoms with Crippen LogP contribution in [0.5, 0.6) is 0 Å². The average molecular weight is 269 g/mol. The second-order valence-corrected chi connectivity index (χ2v) is 5.41. The molecule has 2 aliphatic rings. The highest BCUT2D eigenvalue weighted by molar-refractivity contribution is 5.74. The number of rotatable bonds is 3. The van der Waals surface area contributed by atoms with Crippen molar-refractivity contribution in [2.24, 2.45) is 5.92 Å². The van der Waals surface area contributed by atoms with Gasteiger partial charge in [-0.2, -0.15) is 0 Å². The Balaban J connectivity index is 1.78. The van der Waals surface area contributed by atoms with E-state index in [1.165, 1.54) is 0 Å². The molecule has 2 fully saturated rings. The molecule has 0 radical (unpaired) electrons. The Morgan fingerprint density at radius 2 is 2.00 bits per heavy atom. The van der Waals surface area contributed by atoms with Gasteiger partial charge in [-0.05, 0) is 31.7 Å². The fourth-order valence-corrected chi connectivity index (χ4v) is 2.81. The lowest BCUT2D eigenvalue weighted by molar-refractivity contribution is -0.137. The van der Waals surface area contributed by atoms with E-state index in [1.807, 2.05) is 9.80 Å². The summed E-state index contributed by atoms with van der Waals surface area (Å²) in [6.07, 6.45) is 2.83. The molecule has 6 nitrogen and oxygen atoms in total. The third-order valence-corrected chi connectivity index (χ3v) is 3.93. The van der Waals surface area contributed by atoms with Crippen molar-refractivity contribution < 1.29 is 14.7 Å². The Hall–Kier alpha value is -1.30. The first-order valence-corrected chi connectivity index (χ1v) is 7.13. The number of amides is 2. The number of carboxylic acids is 1. The van der Waals surface area contributed by atoms with Crippen molar-refractivity contribution >= 4 is 12.0 Å². The number of likely N-dealkylation sites (tertiary alicyclic amines) is 1. The van der Waals surface area contributed by atoms with Crippen LogP contribution in [0.3, 0.4) is 0 Å². The van der Waals surface area contributed by atoms with Crippen molar-refractivity contribution in [2.45, 2.75) is 25.7 Å². The summed E-state index contributed by atoms with van der Waals surface area (Å²) in [6.45, 7) is 4.92. The van der Waals surface area contributed by atoms with E-state index in [-0.39, 0.29) is 12.5 Å². The highest BCUT2D eigenvalue weighted by Crippen LogP contribution is 2.22. The van der Waals surface area contributed by atoms with Crippen LogP contribution < -0.4 is 5.32 Å². The Morgan fingerprint density at radius 1 is 1.16 bits per heavy atom. The van der Waals surface area contributed by atoms with Gasteiger partial charge >= 0.3 is 12.0 Å². The van der Waals surface area contributed by atoms with E-state index in [0.717, 1.165) is 52.1 Å². The normalized spacial score (nSPS) is 24.3. The summed E-state index contributed by atoms with van der Waals surface area (Å²) in [7, 11) is 0. The van der Waals surface area contributed by atoms with Crippen LogP contribution in [0, 0.1) is 5.92 Å². The number of carbonyl (C=O) groups is 2. The van der Waals surface area contributed by atoms with Crippen LogP contribution in [0.1, 0.15) is 25.7 Å². The molecule has 1 atom stereocenters. The maximum atomic E-state index is 12.3. The van der Waals surface area contributed by atoms with Gasteiger partial charge in [-0.3, -0.25) is 4.79 Å². The highest BCUT2D eigenvalue weighted by atomic mass is 16.4. The van der Waals surface area contributed by atoms with Crippen LogP contribution in [0.25, 0.3) is 0 Å². The Bertz CT molecular complexity index is 327. The average Bonchev–Trinajstić information content (AvgIpc) is 2.69. The van der Waals surface area contributed by atoms with Gasteiger partial charge in [0.05, 0.1) is 0 Å². The monoisotopic (exact) mass is 269 g/mol. The standard InChI is InChI=1S/C13H23N3O3/c17-12(18)3-2-11-4-8-16(10-11)13(19)15-7-1-5-14-6-9-15/h11,14H,1-10H2,(H,17,18). The van der Waals surface area contributed by atoms with Crippen molar-refractivity contribution in [3.8, 4) is 0 Å². The molecule has 6 heteroatoms. The number of nitrogens with one attached hydrogen (secondary N) is 1. The van der Waals surface area contributed by atoms with Gasteiger partial charge in [-0.15, -0.1) is 0 Å². The van der Waals surface area contributed by atoms with Gasteiger partial charge in [0.2, 0.25) is 0 Å². The Labute approximate surface area is 113 Å². The zero-order chi connectivity index (χ0) is 13.7. The Kier molecular flexibility index (Phi) is 5.01. The van der Waals surface area contributed by atoms with Gasteiger partial charge in [0.1, 0.15) is 0 Å². The molecule has 1 unspecified atom stereocenters. The van der Waals surface area contributed by atoms with Crippen molar-refractivity contribution in [2.75, 3.05) is 39.3 Å². The van der Waals surface area contributed by atoms with E-state index >= 15 is 0 Å². The molecule has 0 aromatic rings. The van der Waals surface area contributed by atoms with E-state index < -0.39 is 5.97 Å². The summed E-state index contributed by atoms with van der Waals surface area (Å²) in [4.78, 5) is 26.7. The molecule has 0 bridgehead atoms. The number of urea groups is 1. The highest BCUT2D eigenvalue weighted by Gasteiger charge is 2.29. The number of hydrogen-bond donors (Lipinski definition) is 2. The molecule has 0 spiro atoms. The molecule has 2 heterocycles. The summed E-state index contributed by atoms with van der Waals surface area (Å²) >= 11 is 0. The van der Waals surface area contributed by atoms with Crippen molar-refractivity contribution in [1.82, 2.24) is 15.1 Å². The van der Waals surface area contributed by atoms with Crippen LogP contribution in [0.2, 0.25) is 0 Å². The largest absolute Gasteiger partial charge is 0.481 e. The van der Waals surface area contributed by atoms with Crippen LogP contribution in [0.15, 0.2) is 0 Å². The van der Waals surface area contributed by atoms with Crippen LogP contribution in [-0.4, -0.2) is 66.2 Å². The third-order valence-electron chi connectivity index (χ3n) is 3.93. The molecule has 0 saturated carbocycles. The van der Waals surface area contributed by atoms with Crippen LogP contribution in [-0.2, 0) is 4.79 Å². The second kappa shape index (κ2) is 6.75. The number of nitrogens with zero attached hydrogens (tertiary/aromatic N) is 2. The molecule has 0 aromatic carbocycles. The van der Waals surface area contributed by atoms with Gasteiger partial charge in [-0.1, -0.05) is 0 Å². The summed E-state index contributed by atoms with van der Waals surface area (Å²) < 4.78 is 0. The first-order valence-electron chi connectivity index (χ1n) is 7.13. The first kappa shape index (κ1) is 14.1. The van der Waals surface area contributed by atoms with E-state index in [9.17, 15) is 9.59 Å². The minimum absolute atomic E-state index is 0.126. The van der Waals surface area contributed by atoms with Gasteiger partial charge in [0, 0.05) is 39.1 Å². The zero-order valence-corrected chi connectivity index (χ0v) is 11.3. The van der Waals surface area contributed by atoms with Crippen molar-refractivity contribution in [3.63, 3.8) is 0 Å². The minimum Gasteiger partial charge on any atom is -0.481 e. The summed E-state index contributed by atoms with van der Waals surface area (Å²) in [5.41, 5.74) is 0. The molecule has 19 heavy (non-hydrogen) atoms. The lowest BCUT2D eigenvalue weighted by Gasteiger charge is -2.26. The number of aliphatic carboxylic acids is 1. The first-order chi connectivity index (χ1) is 9.16. The number of carboxylic acid groups (broad SMARTS) is 1. The topological polar surface area (TPSA) is 72.9 Å². The molecule has 2 aliphatic heterocycles. The maximum absolute atomic E-state index is 12.3.